The van der Waals surface area contributed by atoms with E-state index < -0.39 is 0 Å². The number of hydrogen-bond donors (Lipinski definition) is 2. The van der Waals surface area contributed by atoms with Crippen LogP contribution in [0, 0.1) is 19.8 Å². The van der Waals surface area contributed by atoms with Crippen molar-refractivity contribution in [3.05, 3.63) is 15.6 Å². The summed E-state index contributed by atoms with van der Waals surface area (Å²) in [5, 5.41) is 7.77. The van der Waals surface area contributed by atoms with E-state index in [0.717, 1.165) is 36.2 Å². The summed E-state index contributed by atoms with van der Waals surface area (Å²) in [5.41, 5.74) is 1.09. The number of carbonyl (C=O) groups is 1. The van der Waals surface area contributed by atoms with Gasteiger partial charge in [-0.05, 0) is 20.3 Å². The number of nitrogens with zero attached hydrogens (tertiary/aromatic N) is 3. The van der Waals surface area contributed by atoms with Crippen molar-refractivity contribution in [3.63, 3.8) is 0 Å². The molecule has 0 saturated carbocycles. The van der Waals surface area contributed by atoms with Crippen LogP contribution in [0.5, 0.6) is 0 Å². The molecule has 2 heterocycles. The zero-order valence-corrected chi connectivity index (χ0v) is 15.5. The minimum atomic E-state index is 0.0579. The number of amides is 1. The van der Waals surface area contributed by atoms with Crippen molar-refractivity contribution in [2.45, 2.75) is 46.7 Å². The van der Waals surface area contributed by atoms with Crippen molar-refractivity contribution in [3.8, 4) is 0 Å². The highest BCUT2D eigenvalue weighted by atomic mass is 32.1. The minimum absolute atomic E-state index is 0.0579. The van der Waals surface area contributed by atoms with E-state index in [1.165, 1.54) is 4.88 Å². The third-order valence-corrected chi connectivity index (χ3v) is 5.11. The van der Waals surface area contributed by atoms with Gasteiger partial charge in [0.05, 0.1) is 12.2 Å². The molecular formula is C16H27N5OS. The first-order valence-corrected chi connectivity index (χ1v) is 8.91. The quantitative estimate of drug-likeness (QED) is 0.648. The summed E-state index contributed by atoms with van der Waals surface area (Å²) < 4.78 is 0. The van der Waals surface area contributed by atoms with Crippen LogP contribution in [0.25, 0.3) is 0 Å². The third-order valence-electron chi connectivity index (χ3n) is 4.04. The van der Waals surface area contributed by atoms with Gasteiger partial charge in [0.1, 0.15) is 5.01 Å². The fraction of sp³-hybridized carbons (Fsp3) is 0.688. The van der Waals surface area contributed by atoms with Crippen LogP contribution in [0.3, 0.4) is 0 Å². The summed E-state index contributed by atoms with van der Waals surface area (Å²) >= 11 is 1.71. The molecular weight excluding hydrogens is 310 g/mol. The number of aliphatic imine (C=N–C) groups is 1. The molecule has 1 aromatic rings. The molecule has 1 aliphatic rings. The maximum atomic E-state index is 12.0. The van der Waals surface area contributed by atoms with Crippen LogP contribution >= 0.6 is 11.3 Å². The normalized spacial score (nSPS) is 18.6. The van der Waals surface area contributed by atoms with E-state index in [2.05, 4.69) is 27.5 Å². The van der Waals surface area contributed by atoms with Crippen molar-refractivity contribution in [1.82, 2.24) is 20.5 Å². The summed E-state index contributed by atoms with van der Waals surface area (Å²) in [6, 6.07) is 0.253. The Kier molecular flexibility index (Phi) is 5.98. The lowest BCUT2D eigenvalue weighted by molar-refractivity contribution is -0.133. The highest BCUT2D eigenvalue weighted by molar-refractivity contribution is 7.11. The van der Waals surface area contributed by atoms with Crippen LogP contribution in [0.4, 0.5) is 0 Å². The lowest BCUT2D eigenvalue weighted by Crippen LogP contribution is -2.45. The van der Waals surface area contributed by atoms with E-state index in [4.69, 9.17) is 0 Å². The Morgan fingerprint density at radius 1 is 1.48 bits per heavy atom. The zero-order chi connectivity index (χ0) is 17.0. The van der Waals surface area contributed by atoms with Gasteiger partial charge < -0.3 is 15.5 Å². The topological polar surface area (TPSA) is 69.6 Å². The molecule has 7 heteroatoms. The predicted octanol–water partition coefficient (Wildman–Crippen LogP) is 1.68. The molecule has 1 amide bonds. The summed E-state index contributed by atoms with van der Waals surface area (Å²) in [4.78, 5) is 24.0. The molecule has 128 valence electrons. The molecule has 2 rings (SSSR count). The van der Waals surface area contributed by atoms with Gasteiger partial charge in [-0.25, -0.2) is 4.98 Å². The van der Waals surface area contributed by atoms with Gasteiger partial charge in [-0.1, -0.05) is 13.8 Å². The molecule has 23 heavy (non-hydrogen) atoms. The zero-order valence-electron chi connectivity index (χ0n) is 14.6. The Morgan fingerprint density at radius 3 is 2.78 bits per heavy atom. The Labute approximate surface area is 142 Å². The molecule has 1 aromatic heterocycles. The van der Waals surface area contributed by atoms with Gasteiger partial charge in [-0.2, -0.15) is 0 Å². The van der Waals surface area contributed by atoms with Gasteiger partial charge in [0.25, 0.3) is 0 Å². The Balaban J connectivity index is 1.82. The van der Waals surface area contributed by atoms with Crippen LogP contribution in [0.2, 0.25) is 0 Å². The lowest BCUT2D eigenvalue weighted by Gasteiger charge is -2.20. The van der Waals surface area contributed by atoms with E-state index >= 15 is 0 Å². The number of likely N-dealkylation sites (tertiary alicyclic amines) is 1. The Morgan fingerprint density at radius 2 is 2.22 bits per heavy atom. The molecule has 1 fully saturated rings. The second-order valence-corrected chi connectivity index (χ2v) is 7.53. The number of aryl methyl sites for hydroxylation is 2. The Bertz CT molecular complexity index is 562. The van der Waals surface area contributed by atoms with Gasteiger partial charge in [0, 0.05) is 37.0 Å². The van der Waals surface area contributed by atoms with Crippen molar-refractivity contribution in [1.29, 1.82) is 0 Å². The number of carbonyl (C=O) groups excluding carboxylic acids is 1. The molecule has 1 saturated heterocycles. The molecule has 0 spiro atoms. The first-order chi connectivity index (χ1) is 10.9. The van der Waals surface area contributed by atoms with Crippen molar-refractivity contribution in [2.24, 2.45) is 10.9 Å². The van der Waals surface area contributed by atoms with Crippen molar-refractivity contribution in [2.75, 3.05) is 20.1 Å². The van der Waals surface area contributed by atoms with E-state index in [1.807, 2.05) is 25.7 Å². The van der Waals surface area contributed by atoms with E-state index in [0.29, 0.717) is 6.54 Å². The largest absolute Gasteiger partial charge is 0.352 e. The van der Waals surface area contributed by atoms with Gasteiger partial charge in [0.2, 0.25) is 5.91 Å². The molecule has 2 N–H and O–H groups in total. The molecule has 0 aliphatic carbocycles. The maximum Gasteiger partial charge on any atom is 0.225 e. The average molecular weight is 337 g/mol. The summed E-state index contributed by atoms with van der Waals surface area (Å²) in [7, 11) is 1.76. The average Bonchev–Trinajstić information content (AvgIpc) is 3.10. The highest BCUT2D eigenvalue weighted by Gasteiger charge is 2.27. The second-order valence-electron chi connectivity index (χ2n) is 6.24. The highest BCUT2D eigenvalue weighted by Crippen LogP contribution is 2.16. The summed E-state index contributed by atoms with van der Waals surface area (Å²) in [6.45, 7) is 10.2. The SMILES string of the molecule is CN=C(NCc1nc(C)c(C)s1)N[C@@H]1CCN(C(=O)C(C)C)C1. The van der Waals surface area contributed by atoms with E-state index in [1.54, 1.807) is 18.4 Å². The second kappa shape index (κ2) is 7.77. The first kappa shape index (κ1) is 17.7. The van der Waals surface area contributed by atoms with Gasteiger partial charge >= 0.3 is 0 Å². The fourth-order valence-corrected chi connectivity index (χ4v) is 3.48. The van der Waals surface area contributed by atoms with Crippen LogP contribution < -0.4 is 10.6 Å². The van der Waals surface area contributed by atoms with E-state index in [9.17, 15) is 4.79 Å². The molecule has 0 aromatic carbocycles. The predicted molar refractivity (Wildman–Crippen MR) is 94.7 cm³/mol. The minimum Gasteiger partial charge on any atom is -0.352 e. The number of guanidine groups is 1. The summed E-state index contributed by atoms with van der Waals surface area (Å²) in [5.74, 6) is 1.05. The van der Waals surface area contributed by atoms with Crippen LogP contribution in [0.1, 0.15) is 35.8 Å². The van der Waals surface area contributed by atoms with Gasteiger partial charge in [0.15, 0.2) is 5.96 Å². The lowest BCUT2D eigenvalue weighted by atomic mass is 10.2. The standard InChI is InChI=1S/C16H27N5OS/c1-10(2)15(22)21-7-6-13(9-21)20-16(17-5)18-8-14-19-11(3)12(4)23-14/h10,13H,6-9H2,1-5H3,(H2,17,18,20)/t13-/m1/s1. The Hall–Kier alpha value is -1.63. The number of hydrogen-bond acceptors (Lipinski definition) is 4. The first-order valence-electron chi connectivity index (χ1n) is 8.09. The molecule has 1 aliphatic heterocycles. The van der Waals surface area contributed by atoms with Crippen LogP contribution in [-0.4, -0.2) is 47.9 Å². The molecule has 6 nitrogen and oxygen atoms in total. The maximum absolute atomic E-state index is 12.0. The van der Waals surface area contributed by atoms with Gasteiger partial charge in [-0.15, -0.1) is 11.3 Å². The summed E-state index contributed by atoms with van der Waals surface area (Å²) in [6.07, 6.45) is 0.953. The number of nitrogens with one attached hydrogen (secondary N) is 2. The number of thiazole rings is 1. The fourth-order valence-electron chi connectivity index (χ4n) is 2.61. The van der Waals surface area contributed by atoms with Crippen molar-refractivity contribution >= 4 is 23.2 Å². The van der Waals surface area contributed by atoms with Gasteiger partial charge in [-0.3, -0.25) is 9.79 Å². The molecule has 0 radical (unpaired) electrons. The van der Waals surface area contributed by atoms with E-state index in [-0.39, 0.29) is 17.9 Å². The smallest absolute Gasteiger partial charge is 0.225 e. The number of rotatable bonds is 4. The van der Waals surface area contributed by atoms with Crippen LogP contribution in [0.15, 0.2) is 4.99 Å². The third kappa shape index (κ3) is 4.67. The van der Waals surface area contributed by atoms with Crippen LogP contribution in [-0.2, 0) is 11.3 Å². The monoisotopic (exact) mass is 337 g/mol. The number of aromatic nitrogens is 1. The molecule has 1 atom stereocenters. The molecule has 0 bridgehead atoms. The van der Waals surface area contributed by atoms with Crippen molar-refractivity contribution < 1.29 is 4.79 Å². The molecule has 0 unspecified atom stereocenters.